The quantitative estimate of drug-likeness (QED) is 0.690. The van der Waals surface area contributed by atoms with Gasteiger partial charge in [-0.25, -0.2) is 0 Å². The summed E-state index contributed by atoms with van der Waals surface area (Å²) in [6, 6.07) is 7.72. The molecule has 2 fully saturated rings. The largest absolute Gasteiger partial charge is 0.493 e. The lowest BCUT2D eigenvalue weighted by molar-refractivity contribution is -0.133. The van der Waals surface area contributed by atoms with E-state index in [1.165, 1.54) is 12.8 Å². The van der Waals surface area contributed by atoms with Crippen LogP contribution in [0.3, 0.4) is 0 Å². The second kappa shape index (κ2) is 11.0. The average molecular weight is 400 g/mol. The van der Waals surface area contributed by atoms with Crippen molar-refractivity contribution in [2.24, 2.45) is 0 Å². The van der Waals surface area contributed by atoms with Gasteiger partial charge in [-0.1, -0.05) is 31.0 Å². The Labute approximate surface area is 174 Å². The predicted octanol–water partition coefficient (Wildman–Crippen LogP) is 2.65. The molecule has 0 aliphatic carbocycles. The second-order valence-corrected chi connectivity index (χ2v) is 7.70. The Morgan fingerprint density at radius 1 is 0.931 bits per heavy atom. The van der Waals surface area contributed by atoms with E-state index >= 15 is 0 Å². The van der Waals surface area contributed by atoms with Crippen LogP contribution in [-0.2, 0) is 9.59 Å². The number of piperazine rings is 1. The summed E-state index contributed by atoms with van der Waals surface area (Å²) in [7, 11) is 0. The van der Waals surface area contributed by atoms with Gasteiger partial charge < -0.3 is 14.5 Å². The van der Waals surface area contributed by atoms with E-state index in [1.807, 2.05) is 47.1 Å². The molecule has 0 bridgehead atoms. The van der Waals surface area contributed by atoms with Crippen molar-refractivity contribution < 1.29 is 14.3 Å². The molecule has 0 aromatic heterocycles. The van der Waals surface area contributed by atoms with Crippen molar-refractivity contribution in [1.82, 2.24) is 14.7 Å². The fourth-order valence-electron chi connectivity index (χ4n) is 3.91. The van der Waals surface area contributed by atoms with E-state index in [2.05, 4.69) is 4.90 Å². The molecule has 0 N–H and O–H groups in total. The first-order chi connectivity index (χ1) is 14.2. The smallest absolute Gasteiger partial charge is 0.246 e. The number of likely N-dealkylation sites (tertiary alicyclic amines) is 1. The Morgan fingerprint density at radius 2 is 1.62 bits per heavy atom. The lowest BCUT2D eigenvalue weighted by atomic mass is 10.2. The molecule has 2 amide bonds. The molecule has 2 aliphatic rings. The van der Waals surface area contributed by atoms with Gasteiger partial charge in [0.25, 0.3) is 0 Å². The lowest BCUT2D eigenvalue weighted by Gasteiger charge is -2.35. The standard InChI is InChI=1S/C23H33N3O3/c1-2-29-21-10-6-5-9-20(21)11-12-22(27)26-17-15-24(16-18-26)19-23(28)25-13-7-3-4-8-14-25/h5-6,9-12H,2-4,7-8,13-19H2,1H3/b12-11+. The Morgan fingerprint density at radius 3 is 2.31 bits per heavy atom. The first-order valence-electron chi connectivity index (χ1n) is 10.9. The number of carbonyl (C=O) groups is 2. The van der Waals surface area contributed by atoms with Crippen LogP contribution in [0.2, 0.25) is 0 Å². The van der Waals surface area contributed by atoms with Crippen LogP contribution in [0.25, 0.3) is 6.08 Å². The molecule has 6 heteroatoms. The second-order valence-electron chi connectivity index (χ2n) is 7.70. The summed E-state index contributed by atoms with van der Waals surface area (Å²) in [4.78, 5) is 31.2. The topological polar surface area (TPSA) is 53.1 Å². The van der Waals surface area contributed by atoms with Crippen LogP contribution in [0.5, 0.6) is 5.75 Å². The first kappa shape index (κ1) is 21.4. The fraction of sp³-hybridized carbons (Fsp3) is 0.565. The third-order valence-corrected chi connectivity index (χ3v) is 5.63. The molecular weight excluding hydrogens is 366 g/mol. The normalized spacial score (nSPS) is 18.7. The Kier molecular flexibility index (Phi) is 8.11. The molecule has 0 atom stereocenters. The third-order valence-electron chi connectivity index (χ3n) is 5.63. The minimum absolute atomic E-state index is 0.00907. The number of rotatable bonds is 6. The fourth-order valence-corrected chi connectivity index (χ4v) is 3.91. The zero-order valence-electron chi connectivity index (χ0n) is 17.5. The Hall–Kier alpha value is -2.34. The van der Waals surface area contributed by atoms with Crippen LogP contribution in [-0.4, -0.2) is 78.9 Å². The molecule has 6 nitrogen and oxygen atoms in total. The van der Waals surface area contributed by atoms with Crippen molar-refractivity contribution >= 4 is 17.9 Å². The molecule has 0 saturated carbocycles. The highest BCUT2D eigenvalue weighted by Gasteiger charge is 2.23. The molecule has 0 spiro atoms. The van der Waals surface area contributed by atoms with Crippen LogP contribution in [0.1, 0.15) is 38.2 Å². The monoisotopic (exact) mass is 399 g/mol. The summed E-state index contributed by atoms with van der Waals surface area (Å²) in [6.07, 6.45) is 8.14. The number of para-hydroxylation sites is 1. The molecule has 1 aromatic rings. The van der Waals surface area contributed by atoms with Gasteiger partial charge in [-0.3, -0.25) is 14.5 Å². The maximum absolute atomic E-state index is 12.6. The van der Waals surface area contributed by atoms with E-state index in [1.54, 1.807) is 6.08 Å². The SMILES string of the molecule is CCOc1ccccc1/C=C/C(=O)N1CCN(CC(=O)N2CCCCCC2)CC1. The van der Waals surface area contributed by atoms with Gasteiger partial charge in [0.15, 0.2) is 0 Å². The molecule has 0 radical (unpaired) electrons. The van der Waals surface area contributed by atoms with Crippen LogP contribution in [0, 0.1) is 0 Å². The van der Waals surface area contributed by atoms with Crippen LogP contribution < -0.4 is 4.74 Å². The van der Waals surface area contributed by atoms with Crippen molar-refractivity contribution in [3.05, 3.63) is 35.9 Å². The predicted molar refractivity (Wildman–Crippen MR) is 115 cm³/mol. The van der Waals surface area contributed by atoms with Gasteiger partial charge in [-0.05, 0) is 31.9 Å². The molecule has 0 unspecified atom stereocenters. The van der Waals surface area contributed by atoms with Gasteiger partial charge in [-0.2, -0.15) is 0 Å². The van der Waals surface area contributed by atoms with E-state index in [-0.39, 0.29) is 11.8 Å². The number of ether oxygens (including phenoxy) is 1. The van der Waals surface area contributed by atoms with Crippen molar-refractivity contribution in [2.75, 3.05) is 52.4 Å². The minimum atomic E-state index is 0.00907. The summed E-state index contributed by atoms with van der Waals surface area (Å²) in [6.45, 7) is 7.60. The van der Waals surface area contributed by atoms with Gasteiger partial charge >= 0.3 is 0 Å². The molecule has 2 heterocycles. The third kappa shape index (κ3) is 6.32. The van der Waals surface area contributed by atoms with Crippen molar-refractivity contribution in [3.63, 3.8) is 0 Å². The van der Waals surface area contributed by atoms with E-state index < -0.39 is 0 Å². The Bertz CT molecular complexity index is 703. The van der Waals surface area contributed by atoms with E-state index in [0.29, 0.717) is 26.2 Å². The van der Waals surface area contributed by atoms with E-state index in [0.717, 1.165) is 50.3 Å². The Balaban J connectivity index is 1.46. The molecule has 29 heavy (non-hydrogen) atoms. The molecule has 3 rings (SSSR count). The molecule has 2 saturated heterocycles. The molecule has 1 aromatic carbocycles. The van der Waals surface area contributed by atoms with E-state index in [4.69, 9.17) is 4.74 Å². The number of benzene rings is 1. The summed E-state index contributed by atoms with van der Waals surface area (Å²) >= 11 is 0. The lowest BCUT2D eigenvalue weighted by Crippen LogP contribution is -2.51. The summed E-state index contributed by atoms with van der Waals surface area (Å²) < 4.78 is 5.60. The average Bonchev–Trinajstić information content (AvgIpc) is 3.03. The van der Waals surface area contributed by atoms with E-state index in [9.17, 15) is 9.59 Å². The molecule has 2 aliphatic heterocycles. The highest BCUT2D eigenvalue weighted by atomic mass is 16.5. The highest BCUT2D eigenvalue weighted by Crippen LogP contribution is 2.19. The van der Waals surface area contributed by atoms with Crippen LogP contribution in [0.4, 0.5) is 0 Å². The summed E-state index contributed by atoms with van der Waals surface area (Å²) in [5.41, 5.74) is 0.907. The number of hydrogen-bond donors (Lipinski definition) is 0. The van der Waals surface area contributed by atoms with Gasteiger partial charge in [0.2, 0.25) is 11.8 Å². The molecular formula is C23H33N3O3. The maximum atomic E-state index is 12.6. The van der Waals surface area contributed by atoms with Gasteiger partial charge in [0, 0.05) is 50.9 Å². The number of amides is 2. The van der Waals surface area contributed by atoms with Crippen molar-refractivity contribution in [1.29, 1.82) is 0 Å². The first-order valence-corrected chi connectivity index (χ1v) is 10.9. The number of hydrogen-bond acceptors (Lipinski definition) is 4. The summed E-state index contributed by atoms with van der Waals surface area (Å²) in [5, 5.41) is 0. The van der Waals surface area contributed by atoms with Crippen molar-refractivity contribution in [3.8, 4) is 5.75 Å². The van der Waals surface area contributed by atoms with Gasteiger partial charge in [0.1, 0.15) is 5.75 Å². The van der Waals surface area contributed by atoms with Crippen LogP contribution >= 0.6 is 0 Å². The zero-order valence-corrected chi connectivity index (χ0v) is 17.5. The highest BCUT2D eigenvalue weighted by molar-refractivity contribution is 5.92. The minimum Gasteiger partial charge on any atom is -0.493 e. The van der Waals surface area contributed by atoms with Crippen LogP contribution in [0.15, 0.2) is 30.3 Å². The summed E-state index contributed by atoms with van der Waals surface area (Å²) in [5.74, 6) is 1.03. The number of carbonyl (C=O) groups excluding carboxylic acids is 2. The van der Waals surface area contributed by atoms with Gasteiger partial charge in [0.05, 0.1) is 13.2 Å². The van der Waals surface area contributed by atoms with Gasteiger partial charge in [-0.15, -0.1) is 0 Å². The number of nitrogens with zero attached hydrogens (tertiary/aromatic N) is 3. The maximum Gasteiger partial charge on any atom is 0.246 e. The van der Waals surface area contributed by atoms with Crippen molar-refractivity contribution in [2.45, 2.75) is 32.6 Å². The zero-order chi connectivity index (χ0) is 20.5. The molecule has 158 valence electrons.